The fraction of sp³-hybridized carbons (Fsp3) is 0.0588. The molecule has 0 atom stereocenters. The number of nitrogens with zero attached hydrogens (tertiary/aromatic N) is 1. The molecule has 0 N–H and O–H groups in total. The first kappa shape index (κ1) is 31.5. The molecule has 0 aliphatic heterocycles. The van der Waals surface area contributed by atoms with Crippen LogP contribution in [0.3, 0.4) is 0 Å². The summed E-state index contributed by atoms with van der Waals surface area (Å²) in [7, 11) is 0. The lowest BCUT2D eigenvalue weighted by molar-refractivity contribution is 0.669. The van der Waals surface area contributed by atoms with Crippen LogP contribution in [-0.2, 0) is 5.41 Å². The Morgan fingerprint density at radius 2 is 0.925 bits per heavy atom. The van der Waals surface area contributed by atoms with Crippen LogP contribution in [0.4, 0.5) is 17.1 Å². The first-order chi connectivity index (χ1) is 26.0. The number of anilines is 3. The first-order valence-electron chi connectivity index (χ1n) is 18.3. The fourth-order valence-electron chi connectivity index (χ4n) is 8.48. The van der Waals surface area contributed by atoms with Crippen molar-refractivity contribution in [3.8, 4) is 43.8 Å². The lowest BCUT2D eigenvalue weighted by Crippen LogP contribution is -2.16. The zero-order chi connectivity index (χ0) is 35.5. The lowest BCUT2D eigenvalue weighted by atomic mass is 9.78. The van der Waals surface area contributed by atoms with Crippen molar-refractivity contribution in [1.82, 2.24) is 0 Å². The second-order valence-corrected chi connectivity index (χ2v) is 15.6. The minimum Gasteiger partial charge on any atom is -0.310 e. The van der Waals surface area contributed by atoms with Gasteiger partial charge in [0, 0.05) is 32.1 Å². The van der Waals surface area contributed by atoms with Gasteiger partial charge in [-0.25, -0.2) is 0 Å². The van der Waals surface area contributed by atoms with Crippen molar-refractivity contribution in [1.29, 1.82) is 0 Å². The highest BCUT2D eigenvalue weighted by molar-refractivity contribution is 7.22. The van der Waals surface area contributed by atoms with Crippen LogP contribution in [0, 0.1) is 0 Å². The predicted molar refractivity (Wildman–Crippen MR) is 228 cm³/mol. The van der Waals surface area contributed by atoms with E-state index in [2.05, 4.69) is 207 Å². The van der Waals surface area contributed by atoms with E-state index in [1.165, 1.54) is 75.8 Å². The van der Waals surface area contributed by atoms with E-state index in [4.69, 9.17) is 0 Å². The molecule has 0 saturated carbocycles. The number of thiophene rings is 1. The molecule has 1 nitrogen and oxygen atoms in total. The maximum atomic E-state index is 2.40. The molecule has 0 fully saturated rings. The summed E-state index contributed by atoms with van der Waals surface area (Å²) in [6.45, 7) is 4.80. The Labute approximate surface area is 315 Å². The van der Waals surface area contributed by atoms with Gasteiger partial charge in [0.05, 0.1) is 0 Å². The van der Waals surface area contributed by atoms with Crippen LogP contribution < -0.4 is 4.90 Å². The highest BCUT2D eigenvalue weighted by Crippen LogP contribution is 2.57. The molecule has 1 aliphatic carbocycles. The molecule has 252 valence electrons. The SMILES string of the molecule is CC1(C)c2c(-c3ccc(-c4ccc(N(c5ccc(-c6ccccc6)cc5)c5ccc6ccccc6c5)cc4)cc3)cccc2-c2sc3ccccc3c21. The Bertz CT molecular complexity index is 2770. The monoisotopic (exact) mass is 695 g/mol. The smallest absolute Gasteiger partial charge is 0.0468 e. The topological polar surface area (TPSA) is 3.24 Å². The Hall–Kier alpha value is -6.22. The van der Waals surface area contributed by atoms with Gasteiger partial charge in [-0.05, 0) is 109 Å². The van der Waals surface area contributed by atoms with Crippen LogP contribution in [0.5, 0.6) is 0 Å². The Morgan fingerprint density at radius 3 is 1.62 bits per heavy atom. The largest absolute Gasteiger partial charge is 0.310 e. The molecule has 0 amide bonds. The molecule has 0 bridgehead atoms. The van der Waals surface area contributed by atoms with Crippen LogP contribution in [0.25, 0.3) is 64.7 Å². The fourth-order valence-corrected chi connectivity index (χ4v) is 9.87. The first-order valence-corrected chi connectivity index (χ1v) is 19.2. The van der Waals surface area contributed by atoms with Gasteiger partial charge in [0.15, 0.2) is 0 Å². The van der Waals surface area contributed by atoms with Crippen LogP contribution in [0.2, 0.25) is 0 Å². The summed E-state index contributed by atoms with van der Waals surface area (Å²) in [4.78, 5) is 3.78. The van der Waals surface area contributed by atoms with E-state index in [1.807, 2.05) is 11.3 Å². The van der Waals surface area contributed by atoms with Gasteiger partial charge in [0.1, 0.15) is 0 Å². The third-order valence-electron chi connectivity index (χ3n) is 11.0. The van der Waals surface area contributed by atoms with Gasteiger partial charge in [-0.2, -0.15) is 0 Å². The highest BCUT2D eigenvalue weighted by Gasteiger charge is 2.40. The van der Waals surface area contributed by atoms with Crippen LogP contribution >= 0.6 is 11.3 Å². The van der Waals surface area contributed by atoms with E-state index >= 15 is 0 Å². The standard InChI is InChI=1S/C51H37NS/c1-51(2)48-44(16-10-17-46(48)50-49(51)45-15-8-9-18-47(45)53-50)39-21-19-36(20-22-39)38-25-30-42(31-26-38)52(43-32-27-35-13-6-7-14-40(35)33-43)41-28-23-37(24-29-41)34-11-4-3-5-12-34/h3-33H,1-2H3. The van der Waals surface area contributed by atoms with Gasteiger partial charge in [0.25, 0.3) is 0 Å². The Morgan fingerprint density at radius 1 is 0.396 bits per heavy atom. The van der Waals surface area contributed by atoms with Crippen molar-refractivity contribution in [2.45, 2.75) is 19.3 Å². The van der Waals surface area contributed by atoms with Crippen molar-refractivity contribution >= 4 is 49.3 Å². The quantitative estimate of drug-likeness (QED) is 0.167. The number of hydrogen-bond acceptors (Lipinski definition) is 2. The van der Waals surface area contributed by atoms with Crippen LogP contribution in [0.15, 0.2) is 188 Å². The van der Waals surface area contributed by atoms with Crippen LogP contribution in [-0.4, -0.2) is 0 Å². The summed E-state index contributed by atoms with van der Waals surface area (Å²) in [5.74, 6) is 0. The molecular weight excluding hydrogens is 659 g/mol. The second-order valence-electron chi connectivity index (χ2n) is 14.6. The van der Waals surface area contributed by atoms with E-state index in [1.54, 1.807) is 0 Å². The minimum atomic E-state index is -0.0752. The van der Waals surface area contributed by atoms with Gasteiger partial charge >= 0.3 is 0 Å². The molecule has 8 aromatic carbocycles. The van der Waals surface area contributed by atoms with Crippen molar-refractivity contribution in [3.05, 3.63) is 199 Å². The van der Waals surface area contributed by atoms with Crippen molar-refractivity contribution in [2.24, 2.45) is 0 Å². The average molecular weight is 696 g/mol. The third kappa shape index (κ3) is 5.29. The van der Waals surface area contributed by atoms with E-state index in [-0.39, 0.29) is 5.41 Å². The lowest BCUT2D eigenvalue weighted by Gasteiger charge is -2.26. The van der Waals surface area contributed by atoms with Gasteiger partial charge in [-0.15, -0.1) is 11.3 Å². The molecule has 0 spiro atoms. The molecule has 0 radical (unpaired) electrons. The minimum absolute atomic E-state index is 0.0752. The highest BCUT2D eigenvalue weighted by atomic mass is 32.1. The Kier molecular flexibility index (Phi) is 7.42. The molecule has 1 aromatic heterocycles. The molecule has 9 aromatic rings. The zero-order valence-electron chi connectivity index (χ0n) is 29.8. The second kappa shape index (κ2) is 12.5. The van der Waals surface area contributed by atoms with Gasteiger partial charge < -0.3 is 4.90 Å². The molecule has 1 heterocycles. The van der Waals surface area contributed by atoms with E-state index in [0.29, 0.717) is 0 Å². The normalized spacial score (nSPS) is 12.9. The molecule has 0 unspecified atom stereocenters. The van der Waals surface area contributed by atoms with Crippen molar-refractivity contribution < 1.29 is 0 Å². The van der Waals surface area contributed by atoms with Crippen molar-refractivity contribution in [3.63, 3.8) is 0 Å². The molecule has 53 heavy (non-hydrogen) atoms. The van der Waals surface area contributed by atoms with E-state index in [9.17, 15) is 0 Å². The van der Waals surface area contributed by atoms with E-state index in [0.717, 1.165) is 17.1 Å². The van der Waals surface area contributed by atoms with E-state index < -0.39 is 0 Å². The van der Waals surface area contributed by atoms with Gasteiger partial charge in [-0.1, -0.05) is 159 Å². The van der Waals surface area contributed by atoms with Gasteiger partial charge in [0.2, 0.25) is 0 Å². The number of fused-ring (bicyclic) bond motifs is 6. The summed E-state index contributed by atoms with van der Waals surface area (Å²) in [5.41, 5.74) is 15.0. The number of benzene rings is 8. The molecule has 10 rings (SSSR count). The third-order valence-corrected chi connectivity index (χ3v) is 12.2. The summed E-state index contributed by atoms with van der Waals surface area (Å²) >= 11 is 1.93. The summed E-state index contributed by atoms with van der Waals surface area (Å²) in [5, 5.41) is 3.86. The summed E-state index contributed by atoms with van der Waals surface area (Å²) < 4.78 is 1.37. The summed E-state index contributed by atoms with van der Waals surface area (Å²) in [6, 6.07) is 68.7. The Balaban J connectivity index is 0.984. The van der Waals surface area contributed by atoms with Crippen molar-refractivity contribution in [2.75, 3.05) is 4.90 Å². The average Bonchev–Trinajstić information content (AvgIpc) is 3.72. The molecule has 0 saturated heterocycles. The summed E-state index contributed by atoms with van der Waals surface area (Å²) in [6.07, 6.45) is 0. The maximum absolute atomic E-state index is 2.40. The zero-order valence-corrected chi connectivity index (χ0v) is 30.6. The molecule has 2 heteroatoms. The number of hydrogen-bond donors (Lipinski definition) is 0. The number of rotatable bonds is 6. The molecular formula is C51H37NS. The predicted octanol–water partition coefficient (Wildman–Crippen LogP) is 14.8. The molecule has 1 aliphatic rings. The maximum Gasteiger partial charge on any atom is 0.0468 e. The van der Waals surface area contributed by atoms with Crippen LogP contribution in [0.1, 0.15) is 25.0 Å². The van der Waals surface area contributed by atoms with Gasteiger partial charge in [-0.3, -0.25) is 0 Å².